The van der Waals surface area contributed by atoms with Crippen molar-refractivity contribution in [2.75, 3.05) is 6.61 Å². The molecule has 2 N–H and O–H groups in total. The van der Waals surface area contributed by atoms with Crippen molar-refractivity contribution in [2.45, 2.75) is 45.3 Å². The lowest BCUT2D eigenvalue weighted by molar-refractivity contribution is -0.0463. The van der Waals surface area contributed by atoms with Crippen molar-refractivity contribution < 1.29 is 4.74 Å². The second-order valence-electron chi connectivity index (χ2n) is 4.29. The number of rotatable bonds is 6. The number of hydrogen-bond acceptors (Lipinski definition) is 4. The topological polar surface area (TPSA) is 66.0 Å². The fraction of sp³-hybridized carbons (Fsp3) is 0.818. The van der Waals surface area contributed by atoms with Crippen LogP contribution in [0, 0.1) is 0 Å². The first kappa shape index (κ1) is 13.1. The second kappa shape index (κ2) is 5.41. The van der Waals surface area contributed by atoms with Crippen LogP contribution in [0.3, 0.4) is 0 Å². The summed E-state index contributed by atoms with van der Waals surface area (Å²) in [6, 6.07) is -0.0610. The van der Waals surface area contributed by atoms with Crippen molar-refractivity contribution in [3.63, 3.8) is 0 Å². The number of ether oxygens (including phenoxy) is 1. The normalized spacial score (nSPS) is 17.1. The Kier molecular flexibility index (Phi) is 4.44. The first-order valence-corrected chi connectivity index (χ1v) is 5.76. The summed E-state index contributed by atoms with van der Waals surface area (Å²) in [6.07, 6.45) is 3.47. The van der Waals surface area contributed by atoms with Crippen LogP contribution in [0.15, 0.2) is 6.20 Å². The van der Waals surface area contributed by atoms with E-state index in [-0.39, 0.29) is 11.6 Å². The average molecular weight is 226 g/mol. The van der Waals surface area contributed by atoms with Crippen LogP contribution in [-0.2, 0) is 18.2 Å². The molecule has 0 aromatic carbocycles. The molecule has 0 fully saturated rings. The van der Waals surface area contributed by atoms with E-state index in [4.69, 9.17) is 10.5 Å². The molecule has 92 valence electrons. The molecular weight excluding hydrogens is 204 g/mol. The number of aromatic nitrogens is 3. The summed E-state index contributed by atoms with van der Waals surface area (Å²) in [6.45, 7) is 6.81. The van der Waals surface area contributed by atoms with Gasteiger partial charge in [-0.2, -0.15) is 0 Å². The smallest absolute Gasteiger partial charge is 0.0843 e. The molecule has 1 aromatic heterocycles. The molecule has 2 unspecified atom stereocenters. The van der Waals surface area contributed by atoms with E-state index in [1.165, 1.54) is 0 Å². The van der Waals surface area contributed by atoms with Crippen LogP contribution in [0.4, 0.5) is 0 Å². The third-order valence-electron chi connectivity index (χ3n) is 3.04. The predicted molar refractivity (Wildman–Crippen MR) is 63.0 cm³/mol. The van der Waals surface area contributed by atoms with Crippen molar-refractivity contribution in [1.29, 1.82) is 0 Å². The molecule has 1 rings (SSSR count). The largest absolute Gasteiger partial charge is 0.374 e. The van der Waals surface area contributed by atoms with Gasteiger partial charge in [-0.05, 0) is 20.3 Å². The Labute approximate surface area is 97.0 Å². The molecule has 5 heteroatoms. The Balaban J connectivity index is 2.65. The number of nitrogens with zero attached hydrogens (tertiary/aromatic N) is 3. The van der Waals surface area contributed by atoms with Gasteiger partial charge in [0.15, 0.2) is 0 Å². The standard InChI is InChI=1S/C11H22N4O/c1-5-11(3,16-6-2)10(12)7-9-8-15(4)14-13-9/h8,10H,5-7,12H2,1-4H3. The number of aryl methyl sites for hydroxylation is 1. The zero-order valence-corrected chi connectivity index (χ0v) is 10.6. The van der Waals surface area contributed by atoms with Gasteiger partial charge in [0, 0.05) is 32.3 Å². The van der Waals surface area contributed by atoms with Crippen molar-refractivity contribution in [3.8, 4) is 0 Å². The molecule has 0 bridgehead atoms. The van der Waals surface area contributed by atoms with Crippen molar-refractivity contribution in [1.82, 2.24) is 15.0 Å². The van der Waals surface area contributed by atoms with Gasteiger partial charge in [-0.25, -0.2) is 0 Å². The van der Waals surface area contributed by atoms with Gasteiger partial charge in [0.1, 0.15) is 0 Å². The minimum Gasteiger partial charge on any atom is -0.374 e. The number of hydrogen-bond donors (Lipinski definition) is 1. The first-order valence-electron chi connectivity index (χ1n) is 5.76. The Morgan fingerprint density at radius 1 is 1.56 bits per heavy atom. The van der Waals surface area contributed by atoms with Crippen LogP contribution in [0.25, 0.3) is 0 Å². The minimum absolute atomic E-state index is 0.0610. The monoisotopic (exact) mass is 226 g/mol. The fourth-order valence-corrected chi connectivity index (χ4v) is 1.73. The zero-order valence-electron chi connectivity index (χ0n) is 10.6. The quantitative estimate of drug-likeness (QED) is 0.782. The van der Waals surface area contributed by atoms with Crippen molar-refractivity contribution in [3.05, 3.63) is 11.9 Å². The van der Waals surface area contributed by atoms with Crippen molar-refractivity contribution >= 4 is 0 Å². The zero-order chi connectivity index (χ0) is 12.2. The molecule has 0 aliphatic rings. The van der Waals surface area contributed by atoms with Gasteiger partial charge in [0.25, 0.3) is 0 Å². The molecule has 5 nitrogen and oxygen atoms in total. The molecule has 1 aromatic rings. The van der Waals surface area contributed by atoms with Crippen LogP contribution >= 0.6 is 0 Å². The first-order chi connectivity index (χ1) is 7.51. The second-order valence-corrected chi connectivity index (χ2v) is 4.29. The fourth-order valence-electron chi connectivity index (χ4n) is 1.73. The van der Waals surface area contributed by atoms with E-state index in [9.17, 15) is 0 Å². The summed E-state index contributed by atoms with van der Waals surface area (Å²) >= 11 is 0. The molecule has 0 saturated carbocycles. The average Bonchev–Trinajstić information content (AvgIpc) is 2.64. The van der Waals surface area contributed by atoms with Gasteiger partial charge in [-0.15, -0.1) is 5.10 Å². The summed E-state index contributed by atoms with van der Waals surface area (Å²) in [5, 5.41) is 7.93. The molecule has 2 atom stereocenters. The van der Waals surface area contributed by atoms with E-state index in [2.05, 4.69) is 24.2 Å². The molecule has 1 heterocycles. The summed E-state index contributed by atoms with van der Waals surface area (Å²) < 4.78 is 7.43. The lowest BCUT2D eigenvalue weighted by Crippen LogP contribution is -2.48. The lowest BCUT2D eigenvalue weighted by Gasteiger charge is -2.34. The minimum atomic E-state index is -0.285. The van der Waals surface area contributed by atoms with Crippen LogP contribution < -0.4 is 5.73 Å². The Bertz CT molecular complexity index is 326. The molecule has 0 radical (unpaired) electrons. The lowest BCUT2D eigenvalue weighted by atomic mass is 9.90. The van der Waals surface area contributed by atoms with E-state index in [0.717, 1.165) is 12.1 Å². The van der Waals surface area contributed by atoms with E-state index in [1.54, 1.807) is 4.68 Å². The molecule has 0 aliphatic carbocycles. The van der Waals surface area contributed by atoms with Crippen LogP contribution in [0.2, 0.25) is 0 Å². The number of nitrogens with two attached hydrogens (primary N) is 1. The van der Waals surface area contributed by atoms with Crippen LogP contribution in [-0.4, -0.2) is 33.2 Å². The third kappa shape index (κ3) is 3.02. The molecule has 0 amide bonds. The Morgan fingerprint density at radius 3 is 2.69 bits per heavy atom. The molecule has 0 aliphatic heterocycles. The van der Waals surface area contributed by atoms with Gasteiger partial charge in [0.2, 0.25) is 0 Å². The predicted octanol–water partition coefficient (Wildman–Crippen LogP) is 0.890. The van der Waals surface area contributed by atoms with Crippen molar-refractivity contribution in [2.24, 2.45) is 12.8 Å². The summed E-state index contributed by atoms with van der Waals surface area (Å²) in [4.78, 5) is 0. The van der Waals surface area contributed by atoms with Gasteiger partial charge in [0.05, 0.1) is 11.3 Å². The third-order valence-corrected chi connectivity index (χ3v) is 3.04. The maximum Gasteiger partial charge on any atom is 0.0843 e. The summed E-state index contributed by atoms with van der Waals surface area (Å²) in [5.74, 6) is 0. The van der Waals surface area contributed by atoms with E-state index in [1.807, 2.05) is 20.2 Å². The highest BCUT2D eigenvalue weighted by atomic mass is 16.5. The Hall–Kier alpha value is -0.940. The summed E-state index contributed by atoms with van der Waals surface area (Å²) in [7, 11) is 1.85. The van der Waals surface area contributed by atoms with E-state index >= 15 is 0 Å². The molecular formula is C11H22N4O. The summed E-state index contributed by atoms with van der Waals surface area (Å²) in [5.41, 5.74) is 6.81. The highest BCUT2D eigenvalue weighted by Crippen LogP contribution is 2.20. The van der Waals surface area contributed by atoms with Gasteiger partial charge in [-0.3, -0.25) is 4.68 Å². The van der Waals surface area contributed by atoms with Gasteiger partial charge >= 0.3 is 0 Å². The maximum absolute atomic E-state index is 6.19. The molecule has 0 spiro atoms. The van der Waals surface area contributed by atoms with E-state index < -0.39 is 0 Å². The van der Waals surface area contributed by atoms with Gasteiger partial charge < -0.3 is 10.5 Å². The molecule has 0 saturated heterocycles. The van der Waals surface area contributed by atoms with Crippen LogP contribution in [0.5, 0.6) is 0 Å². The van der Waals surface area contributed by atoms with Gasteiger partial charge in [-0.1, -0.05) is 12.1 Å². The highest BCUT2D eigenvalue weighted by molar-refractivity contribution is 5.00. The van der Waals surface area contributed by atoms with Crippen LogP contribution in [0.1, 0.15) is 32.9 Å². The van der Waals surface area contributed by atoms with E-state index in [0.29, 0.717) is 13.0 Å². The molecule has 16 heavy (non-hydrogen) atoms. The Morgan fingerprint density at radius 2 is 2.25 bits per heavy atom. The SMILES string of the molecule is CCOC(C)(CC)C(N)Cc1cn(C)nn1. The maximum atomic E-state index is 6.19. The highest BCUT2D eigenvalue weighted by Gasteiger charge is 2.31.